The van der Waals surface area contributed by atoms with Crippen molar-refractivity contribution in [2.24, 2.45) is 5.11 Å². The van der Waals surface area contributed by atoms with Crippen molar-refractivity contribution in [3.63, 3.8) is 0 Å². The molecule has 6 nitrogen and oxygen atoms in total. The summed E-state index contributed by atoms with van der Waals surface area (Å²) in [5.41, 5.74) is 7.62. The van der Waals surface area contributed by atoms with E-state index in [0.717, 1.165) is 0 Å². The molecule has 0 aliphatic rings. The Balaban J connectivity index is 4.13. The Morgan fingerprint density at radius 3 is 2.54 bits per heavy atom. The number of carboxylic acid groups (broad SMARTS) is 1. The van der Waals surface area contributed by atoms with E-state index in [-0.39, 0.29) is 6.61 Å². The van der Waals surface area contributed by atoms with Gasteiger partial charge in [0.25, 0.3) is 0 Å². The molecule has 0 spiro atoms. The molecule has 0 saturated carbocycles. The van der Waals surface area contributed by atoms with Gasteiger partial charge < -0.3 is 9.84 Å². The minimum atomic E-state index is -1.18. The number of carboxylic acids is 1. The van der Waals surface area contributed by atoms with Gasteiger partial charge in [-0.2, -0.15) is 0 Å². The molecule has 1 N–H and O–H groups in total. The molecule has 0 fully saturated rings. The van der Waals surface area contributed by atoms with Crippen LogP contribution in [0.2, 0.25) is 0 Å². The quantitative estimate of drug-likeness (QED) is 0.411. The Bertz CT molecular complexity index is 226. The predicted octanol–water partition coefficient (Wildman–Crippen LogP) is 1.57. The standard InChI is InChI=1S/C7H13N3O3/c1-7(2,3)13-4-5(6(11)12)9-10-8/h5H,4H2,1-3H3,(H,11,12). The summed E-state index contributed by atoms with van der Waals surface area (Å²) in [6.07, 6.45) is 0. The summed E-state index contributed by atoms with van der Waals surface area (Å²) in [6, 6.07) is -1.15. The Labute approximate surface area is 76.1 Å². The van der Waals surface area contributed by atoms with Crippen LogP contribution < -0.4 is 0 Å². The summed E-state index contributed by atoms with van der Waals surface area (Å²) < 4.78 is 5.16. The van der Waals surface area contributed by atoms with E-state index in [1.54, 1.807) is 20.8 Å². The van der Waals surface area contributed by atoms with E-state index in [0.29, 0.717) is 0 Å². The van der Waals surface area contributed by atoms with Crippen molar-refractivity contribution < 1.29 is 14.6 Å². The fourth-order valence-electron chi connectivity index (χ4n) is 0.545. The van der Waals surface area contributed by atoms with Crippen molar-refractivity contribution in [2.75, 3.05) is 6.61 Å². The van der Waals surface area contributed by atoms with Gasteiger partial charge in [-0.15, -0.1) is 0 Å². The SMILES string of the molecule is CC(C)(C)OCC(N=[N+]=[N-])C(=O)O. The van der Waals surface area contributed by atoms with Crippen LogP contribution in [-0.4, -0.2) is 29.3 Å². The van der Waals surface area contributed by atoms with Gasteiger partial charge in [0.15, 0.2) is 6.04 Å². The van der Waals surface area contributed by atoms with Gasteiger partial charge in [-0.25, -0.2) is 0 Å². The maximum Gasteiger partial charge on any atom is 0.314 e. The average Bonchev–Trinajstić information content (AvgIpc) is 1.95. The maximum atomic E-state index is 10.5. The lowest BCUT2D eigenvalue weighted by molar-refractivity contribution is -0.141. The van der Waals surface area contributed by atoms with Crippen LogP contribution in [-0.2, 0) is 9.53 Å². The fraction of sp³-hybridized carbons (Fsp3) is 0.857. The number of nitrogens with zero attached hydrogens (tertiary/aromatic N) is 3. The normalized spacial score (nSPS) is 13.2. The van der Waals surface area contributed by atoms with Crippen molar-refractivity contribution in [1.82, 2.24) is 0 Å². The Kier molecular flexibility index (Phi) is 4.23. The summed E-state index contributed by atoms with van der Waals surface area (Å²) in [5, 5.41) is 11.6. The van der Waals surface area contributed by atoms with Crippen molar-refractivity contribution in [2.45, 2.75) is 32.4 Å². The van der Waals surface area contributed by atoms with Gasteiger partial charge in [0.05, 0.1) is 12.2 Å². The maximum absolute atomic E-state index is 10.5. The number of hydrogen-bond donors (Lipinski definition) is 1. The number of carbonyl (C=O) groups is 1. The van der Waals surface area contributed by atoms with E-state index >= 15 is 0 Å². The molecule has 0 aromatic rings. The summed E-state index contributed by atoms with van der Waals surface area (Å²) in [4.78, 5) is 12.9. The number of aliphatic carboxylic acids is 1. The third-order valence-electron chi connectivity index (χ3n) is 1.15. The highest BCUT2D eigenvalue weighted by Crippen LogP contribution is 2.08. The second-order valence-corrected chi connectivity index (χ2v) is 3.48. The number of rotatable bonds is 4. The van der Waals surface area contributed by atoms with Crippen molar-refractivity contribution >= 4 is 5.97 Å². The summed E-state index contributed by atoms with van der Waals surface area (Å²) in [5.74, 6) is -1.18. The van der Waals surface area contributed by atoms with Gasteiger partial charge in [-0.3, -0.25) is 4.79 Å². The van der Waals surface area contributed by atoms with E-state index in [1.165, 1.54) is 0 Å². The fourth-order valence-corrected chi connectivity index (χ4v) is 0.545. The van der Waals surface area contributed by atoms with Gasteiger partial charge in [-0.05, 0) is 26.3 Å². The number of hydrogen-bond acceptors (Lipinski definition) is 3. The number of azide groups is 1. The molecule has 0 rings (SSSR count). The lowest BCUT2D eigenvalue weighted by atomic mass is 10.2. The Morgan fingerprint density at radius 1 is 1.69 bits per heavy atom. The van der Waals surface area contributed by atoms with Gasteiger partial charge in [0.1, 0.15) is 0 Å². The highest BCUT2D eigenvalue weighted by Gasteiger charge is 2.19. The van der Waals surface area contributed by atoms with Crippen LogP contribution in [0.15, 0.2) is 5.11 Å². The van der Waals surface area contributed by atoms with Crippen LogP contribution in [0.5, 0.6) is 0 Å². The highest BCUT2D eigenvalue weighted by molar-refractivity contribution is 5.73. The first-order chi connectivity index (χ1) is 5.87. The molecule has 1 unspecified atom stereocenters. The molecule has 0 saturated heterocycles. The van der Waals surface area contributed by atoms with Crippen LogP contribution >= 0.6 is 0 Å². The molecule has 0 bridgehead atoms. The Hall–Kier alpha value is -1.26. The number of ether oxygens (including phenoxy) is 1. The van der Waals surface area contributed by atoms with Gasteiger partial charge in [-0.1, -0.05) is 5.11 Å². The molecule has 0 amide bonds. The lowest BCUT2D eigenvalue weighted by Gasteiger charge is -2.20. The van der Waals surface area contributed by atoms with Gasteiger partial charge in [0, 0.05) is 4.91 Å². The first kappa shape index (κ1) is 11.7. The zero-order valence-corrected chi connectivity index (χ0v) is 7.89. The van der Waals surface area contributed by atoms with Crippen molar-refractivity contribution in [3.05, 3.63) is 10.4 Å². The van der Waals surface area contributed by atoms with Crippen LogP contribution in [0.1, 0.15) is 20.8 Å². The van der Waals surface area contributed by atoms with Gasteiger partial charge in [0.2, 0.25) is 0 Å². The van der Waals surface area contributed by atoms with Crippen LogP contribution in [0.4, 0.5) is 0 Å². The average molecular weight is 187 g/mol. The van der Waals surface area contributed by atoms with E-state index in [9.17, 15) is 4.79 Å². The third kappa shape index (κ3) is 5.95. The van der Waals surface area contributed by atoms with E-state index < -0.39 is 17.6 Å². The molecule has 6 heteroatoms. The van der Waals surface area contributed by atoms with E-state index in [1.807, 2.05) is 0 Å². The van der Waals surface area contributed by atoms with E-state index in [2.05, 4.69) is 10.0 Å². The molecule has 0 aromatic heterocycles. The van der Waals surface area contributed by atoms with E-state index in [4.69, 9.17) is 15.4 Å². The molecule has 0 aromatic carbocycles. The summed E-state index contributed by atoms with van der Waals surface area (Å²) in [7, 11) is 0. The molecule has 0 heterocycles. The zero-order chi connectivity index (χ0) is 10.5. The van der Waals surface area contributed by atoms with Crippen molar-refractivity contribution in [3.8, 4) is 0 Å². The second kappa shape index (κ2) is 4.69. The van der Waals surface area contributed by atoms with Crippen LogP contribution in [0.25, 0.3) is 10.4 Å². The summed E-state index contributed by atoms with van der Waals surface area (Å²) >= 11 is 0. The minimum Gasteiger partial charge on any atom is -0.481 e. The molecular formula is C7H13N3O3. The predicted molar refractivity (Wildman–Crippen MR) is 46.3 cm³/mol. The molecular weight excluding hydrogens is 174 g/mol. The topological polar surface area (TPSA) is 95.3 Å². The molecule has 0 radical (unpaired) electrons. The smallest absolute Gasteiger partial charge is 0.314 e. The summed E-state index contributed by atoms with van der Waals surface area (Å²) in [6.45, 7) is 5.27. The molecule has 1 atom stereocenters. The molecule has 74 valence electrons. The monoisotopic (exact) mass is 187 g/mol. The highest BCUT2D eigenvalue weighted by atomic mass is 16.5. The molecule has 0 aliphatic carbocycles. The molecule has 0 aliphatic heterocycles. The first-order valence-corrected chi connectivity index (χ1v) is 3.78. The van der Waals surface area contributed by atoms with Crippen molar-refractivity contribution in [1.29, 1.82) is 0 Å². The van der Waals surface area contributed by atoms with Gasteiger partial charge >= 0.3 is 5.97 Å². The Morgan fingerprint density at radius 2 is 2.23 bits per heavy atom. The largest absolute Gasteiger partial charge is 0.481 e. The first-order valence-electron chi connectivity index (χ1n) is 3.78. The van der Waals surface area contributed by atoms with Crippen LogP contribution in [0, 0.1) is 0 Å². The second-order valence-electron chi connectivity index (χ2n) is 3.48. The van der Waals surface area contributed by atoms with Crippen LogP contribution in [0.3, 0.4) is 0 Å². The third-order valence-corrected chi connectivity index (χ3v) is 1.15. The lowest BCUT2D eigenvalue weighted by Crippen LogP contribution is -2.29. The zero-order valence-electron chi connectivity index (χ0n) is 7.89. The molecule has 13 heavy (non-hydrogen) atoms. The minimum absolute atomic E-state index is 0.108.